The van der Waals surface area contributed by atoms with E-state index in [1.807, 2.05) is 0 Å². The van der Waals surface area contributed by atoms with Gasteiger partial charge < -0.3 is 0 Å². The Morgan fingerprint density at radius 1 is 1.80 bits per heavy atom. The highest BCUT2D eigenvalue weighted by atomic mass is 35.5. The second-order valence-corrected chi connectivity index (χ2v) is 2.08. The molecule has 52 valence electrons. The average molecular weight is 156 g/mol. The van der Waals surface area contributed by atoms with Gasteiger partial charge in [-0.15, -0.1) is 0 Å². The highest BCUT2D eigenvalue weighted by molar-refractivity contribution is 6.31. The molecular weight excluding hydrogens is 150 g/mol. The smallest absolute Gasteiger partial charge is 0.143 e. The Morgan fingerprint density at radius 2 is 2.40 bits per heavy atom. The lowest BCUT2D eigenvalue weighted by atomic mass is 10.4. The van der Waals surface area contributed by atoms with Gasteiger partial charge in [0, 0.05) is 5.03 Å². The predicted molar refractivity (Wildman–Crippen MR) is 41.4 cm³/mol. The summed E-state index contributed by atoms with van der Waals surface area (Å²) in [5.74, 6) is 0. The van der Waals surface area contributed by atoms with Crippen molar-refractivity contribution in [2.45, 2.75) is 6.92 Å². The third-order valence-corrected chi connectivity index (χ3v) is 0.763. The van der Waals surface area contributed by atoms with Gasteiger partial charge in [-0.1, -0.05) is 11.6 Å². The van der Waals surface area contributed by atoms with Gasteiger partial charge in [-0.2, -0.15) is 5.26 Å². The van der Waals surface area contributed by atoms with Crippen LogP contribution in [0.1, 0.15) is 6.92 Å². The lowest BCUT2D eigenvalue weighted by Crippen LogP contribution is -1.87. The van der Waals surface area contributed by atoms with E-state index in [1.165, 1.54) is 6.08 Å². The molecule has 0 aromatic rings. The van der Waals surface area contributed by atoms with E-state index in [-0.39, 0.29) is 5.71 Å². The van der Waals surface area contributed by atoms with Gasteiger partial charge in [0.1, 0.15) is 18.1 Å². The summed E-state index contributed by atoms with van der Waals surface area (Å²) in [6.45, 7) is 1.64. The lowest BCUT2D eigenvalue weighted by Gasteiger charge is -1.83. The minimum atomic E-state index is 0.141. The molecule has 10 heavy (non-hydrogen) atoms. The summed E-state index contributed by atoms with van der Waals surface area (Å²) in [7, 11) is 0. The fraction of sp³-hybridized carbons (Fsp3) is 0.167. The van der Waals surface area contributed by atoms with Crippen LogP contribution in [0.15, 0.2) is 16.1 Å². The summed E-state index contributed by atoms with van der Waals surface area (Å²) in [4.78, 5) is 3.42. The SMILES string of the molecule is C/C(Cl)=C\C(C#N)=NC=N. The molecule has 0 unspecified atom stereocenters. The van der Waals surface area contributed by atoms with Crippen molar-refractivity contribution >= 4 is 23.7 Å². The van der Waals surface area contributed by atoms with Gasteiger partial charge in [0.15, 0.2) is 0 Å². The molecule has 0 atom stereocenters. The third-order valence-electron chi connectivity index (χ3n) is 0.654. The zero-order valence-electron chi connectivity index (χ0n) is 5.43. The minimum Gasteiger partial charge on any atom is -0.289 e. The van der Waals surface area contributed by atoms with Crippen molar-refractivity contribution in [1.82, 2.24) is 0 Å². The van der Waals surface area contributed by atoms with Crippen LogP contribution in [0.3, 0.4) is 0 Å². The van der Waals surface area contributed by atoms with Crippen molar-refractivity contribution in [3.8, 4) is 6.07 Å². The van der Waals surface area contributed by atoms with E-state index in [9.17, 15) is 0 Å². The van der Waals surface area contributed by atoms with E-state index in [1.54, 1.807) is 13.0 Å². The van der Waals surface area contributed by atoms with Crippen molar-refractivity contribution in [2.75, 3.05) is 0 Å². The van der Waals surface area contributed by atoms with Crippen LogP contribution in [-0.4, -0.2) is 12.1 Å². The van der Waals surface area contributed by atoms with Crippen LogP contribution in [0.2, 0.25) is 0 Å². The zero-order chi connectivity index (χ0) is 7.98. The summed E-state index contributed by atoms with van der Waals surface area (Å²) >= 11 is 5.44. The van der Waals surface area contributed by atoms with E-state index in [0.717, 1.165) is 6.34 Å². The quantitative estimate of drug-likeness (QED) is 0.479. The van der Waals surface area contributed by atoms with Crippen LogP contribution >= 0.6 is 11.6 Å². The molecule has 3 nitrogen and oxygen atoms in total. The van der Waals surface area contributed by atoms with Crippen molar-refractivity contribution < 1.29 is 0 Å². The van der Waals surface area contributed by atoms with Gasteiger partial charge >= 0.3 is 0 Å². The summed E-state index contributed by atoms with van der Waals surface area (Å²) in [5.41, 5.74) is 0.141. The standard InChI is InChI=1S/C6H6ClN3/c1-5(7)2-6(3-8)10-4-9/h2,4,9H,1H3/b5-2+,9-4?,10-6?. The normalized spacial score (nSPS) is 12.5. The molecule has 4 heteroatoms. The van der Waals surface area contributed by atoms with Crippen LogP contribution in [0.5, 0.6) is 0 Å². The maximum atomic E-state index is 8.32. The topological polar surface area (TPSA) is 60.0 Å². The maximum Gasteiger partial charge on any atom is 0.143 e. The number of rotatable bonds is 2. The van der Waals surface area contributed by atoms with Crippen LogP contribution in [0, 0.1) is 16.7 Å². The summed E-state index contributed by atoms with van der Waals surface area (Å²) in [6.07, 6.45) is 2.20. The molecule has 0 amide bonds. The van der Waals surface area contributed by atoms with Gasteiger partial charge in [0.2, 0.25) is 0 Å². The molecule has 0 rings (SSSR count). The fourth-order valence-electron chi connectivity index (χ4n) is 0.356. The van der Waals surface area contributed by atoms with Crippen molar-refractivity contribution in [2.24, 2.45) is 4.99 Å². The van der Waals surface area contributed by atoms with E-state index in [4.69, 9.17) is 22.3 Å². The molecule has 0 saturated carbocycles. The molecule has 0 bridgehead atoms. The molecule has 0 heterocycles. The molecule has 1 N–H and O–H groups in total. The molecule has 0 saturated heterocycles. The van der Waals surface area contributed by atoms with Gasteiger partial charge in [0.25, 0.3) is 0 Å². The van der Waals surface area contributed by atoms with Gasteiger partial charge in [0.05, 0.1) is 0 Å². The first-order chi connectivity index (χ1) is 4.70. The van der Waals surface area contributed by atoms with Crippen LogP contribution < -0.4 is 0 Å². The number of hydrogen-bond acceptors (Lipinski definition) is 2. The predicted octanol–water partition coefficient (Wildman–Crippen LogP) is 1.70. The van der Waals surface area contributed by atoms with Crippen LogP contribution in [0.4, 0.5) is 0 Å². The Labute approximate surface area is 64.2 Å². The molecule has 0 aliphatic heterocycles. The Balaban J connectivity index is 4.42. The van der Waals surface area contributed by atoms with Gasteiger partial charge in [-0.3, -0.25) is 5.41 Å². The first-order valence-electron chi connectivity index (χ1n) is 2.51. The highest BCUT2D eigenvalue weighted by Gasteiger charge is 1.89. The molecule has 0 radical (unpaired) electrons. The van der Waals surface area contributed by atoms with Crippen molar-refractivity contribution in [3.63, 3.8) is 0 Å². The molecule has 0 spiro atoms. The number of hydrogen-bond donors (Lipinski definition) is 1. The molecular formula is C6H6ClN3. The molecule has 0 aromatic heterocycles. The van der Waals surface area contributed by atoms with Crippen LogP contribution in [0.25, 0.3) is 0 Å². The Kier molecular flexibility index (Phi) is 4.17. The van der Waals surface area contributed by atoms with Gasteiger partial charge in [-0.25, -0.2) is 4.99 Å². The minimum absolute atomic E-state index is 0.141. The Hall–Kier alpha value is -1.14. The first-order valence-corrected chi connectivity index (χ1v) is 2.89. The second-order valence-electron chi connectivity index (χ2n) is 1.49. The number of halogens is 1. The fourth-order valence-corrected chi connectivity index (χ4v) is 0.460. The van der Waals surface area contributed by atoms with Gasteiger partial charge in [-0.05, 0) is 13.0 Å². The summed E-state index contributed by atoms with van der Waals surface area (Å²) in [5, 5.41) is 15.3. The average Bonchev–Trinajstić information content (AvgIpc) is 1.86. The third kappa shape index (κ3) is 3.81. The van der Waals surface area contributed by atoms with E-state index in [2.05, 4.69) is 4.99 Å². The Bertz CT molecular complexity index is 218. The number of nitriles is 1. The maximum absolute atomic E-state index is 8.32. The van der Waals surface area contributed by atoms with Crippen molar-refractivity contribution in [3.05, 3.63) is 11.1 Å². The molecule has 0 aromatic carbocycles. The van der Waals surface area contributed by atoms with E-state index in [0.29, 0.717) is 5.03 Å². The summed E-state index contributed by atoms with van der Waals surface area (Å²) < 4.78 is 0. The second kappa shape index (κ2) is 4.71. The number of aliphatic imine (C=N–C) groups is 1. The largest absolute Gasteiger partial charge is 0.289 e. The number of nitrogens with one attached hydrogen (secondary N) is 1. The highest BCUT2D eigenvalue weighted by Crippen LogP contribution is 1.97. The van der Waals surface area contributed by atoms with Crippen molar-refractivity contribution in [1.29, 1.82) is 10.7 Å². The zero-order valence-corrected chi connectivity index (χ0v) is 6.18. The summed E-state index contributed by atoms with van der Waals surface area (Å²) in [6, 6.07) is 1.77. The number of allylic oxidation sites excluding steroid dienone is 2. The first kappa shape index (κ1) is 8.86. The Morgan fingerprint density at radius 3 is 2.70 bits per heavy atom. The van der Waals surface area contributed by atoms with E-state index < -0.39 is 0 Å². The molecule has 0 aliphatic rings. The van der Waals surface area contributed by atoms with Crippen LogP contribution in [-0.2, 0) is 0 Å². The lowest BCUT2D eigenvalue weighted by molar-refractivity contribution is 1.50. The molecule has 0 fully saturated rings. The monoisotopic (exact) mass is 155 g/mol. The molecule has 0 aliphatic carbocycles. The number of nitrogens with zero attached hydrogens (tertiary/aromatic N) is 2. The van der Waals surface area contributed by atoms with E-state index >= 15 is 0 Å².